The van der Waals surface area contributed by atoms with Gasteiger partial charge in [0.05, 0.1) is 5.69 Å². The van der Waals surface area contributed by atoms with E-state index >= 15 is 0 Å². The zero-order valence-corrected chi connectivity index (χ0v) is 14.8. The van der Waals surface area contributed by atoms with Gasteiger partial charge in [0.2, 0.25) is 0 Å². The Balaban J connectivity index is 1.91. The van der Waals surface area contributed by atoms with Crippen molar-refractivity contribution in [3.8, 4) is 10.6 Å². The molecule has 0 aliphatic heterocycles. The third-order valence-electron chi connectivity index (χ3n) is 3.84. The van der Waals surface area contributed by atoms with Crippen molar-refractivity contribution in [3.63, 3.8) is 0 Å². The number of benzene rings is 2. The topological polar surface area (TPSA) is 12.9 Å². The van der Waals surface area contributed by atoms with Crippen LogP contribution in [0.15, 0.2) is 54.6 Å². The van der Waals surface area contributed by atoms with Crippen molar-refractivity contribution in [1.82, 2.24) is 4.98 Å². The molecule has 0 fully saturated rings. The van der Waals surface area contributed by atoms with Gasteiger partial charge in [-0.3, -0.25) is 0 Å². The first-order valence-electron chi connectivity index (χ1n) is 8.04. The van der Waals surface area contributed by atoms with Crippen molar-refractivity contribution in [1.29, 1.82) is 0 Å². The number of thiazole rings is 1. The minimum Gasteiger partial charge on any atom is -0.240 e. The first kappa shape index (κ1) is 16.2. The number of unbranched alkanes of at least 4 members (excludes halogenated alkanes) is 1. The van der Waals surface area contributed by atoms with E-state index in [4.69, 9.17) is 16.6 Å². The molecule has 0 amide bonds. The fourth-order valence-electron chi connectivity index (χ4n) is 2.56. The van der Waals surface area contributed by atoms with Crippen LogP contribution >= 0.6 is 22.9 Å². The van der Waals surface area contributed by atoms with Crippen molar-refractivity contribution in [2.75, 3.05) is 0 Å². The van der Waals surface area contributed by atoms with Crippen molar-refractivity contribution < 1.29 is 0 Å². The lowest BCUT2D eigenvalue weighted by atomic mass is 10.1. The molecular formula is C20H20ClNS. The van der Waals surface area contributed by atoms with Crippen LogP contribution in [-0.4, -0.2) is 4.98 Å². The molecule has 0 saturated heterocycles. The molecule has 1 nitrogen and oxygen atoms in total. The highest BCUT2D eigenvalue weighted by Crippen LogP contribution is 2.31. The monoisotopic (exact) mass is 341 g/mol. The van der Waals surface area contributed by atoms with E-state index < -0.39 is 0 Å². The Morgan fingerprint density at radius 2 is 1.74 bits per heavy atom. The molecule has 0 aliphatic rings. The van der Waals surface area contributed by atoms with E-state index in [1.807, 2.05) is 23.5 Å². The molecule has 1 heterocycles. The molecule has 3 aromatic rings. The Morgan fingerprint density at radius 1 is 1.00 bits per heavy atom. The second kappa shape index (κ2) is 7.76. The summed E-state index contributed by atoms with van der Waals surface area (Å²) in [5.41, 5.74) is 3.69. The summed E-state index contributed by atoms with van der Waals surface area (Å²) in [5, 5.41) is 1.86. The summed E-state index contributed by atoms with van der Waals surface area (Å²) >= 11 is 7.82. The Morgan fingerprint density at radius 3 is 2.43 bits per heavy atom. The number of nitrogens with zero attached hydrogens (tertiary/aromatic N) is 1. The minimum absolute atomic E-state index is 0.765. The smallest absolute Gasteiger partial charge is 0.123 e. The maximum atomic E-state index is 5.99. The summed E-state index contributed by atoms with van der Waals surface area (Å²) in [4.78, 5) is 6.35. The van der Waals surface area contributed by atoms with Gasteiger partial charge in [0.15, 0.2) is 0 Å². The molecule has 0 bridgehead atoms. The van der Waals surface area contributed by atoms with Crippen LogP contribution in [0.25, 0.3) is 10.6 Å². The third kappa shape index (κ3) is 4.21. The summed E-state index contributed by atoms with van der Waals surface area (Å²) in [6, 6.07) is 18.6. The SMILES string of the molecule is CCCCc1sc(-c2ccc(Cl)cc2)nc1Cc1ccccc1. The molecule has 0 atom stereocenters. The van der Waals surface area contributed by atoms with Gasteiger partial charge in [-0.05, 0) is 30.5 Å². The number of aromatic nitrogens is 1. The molecule has 3 heteroatoms. The van der Waals surface area contributed by atoms with Gasteiger partial charge in [-0.1, -0.05) is 67.4 Å². The largest absolute Gasteiger partial charge is 0.240 e. The van der Waals surface area contributed by atoms with Crippen LogP contribution in [0.3, 0.4) is 0 Å². The maximum Gasteiger partial charge on any atom is 0.123 e. The molecule has 3 rings (SSSR count). The molecule has 2 aromatic carbocycles. The summed E-state index contributed by atoms with van der Waals surface area (Å²) < 4.78 is 0. The first-order valence-corrected chi connectivity index (χ1v) is 9.24. The molecular weight excluding hydrogens is 322 g/mol. The van der Waals surface area contributed by atoms with Crippen LogP contribution < -0.4 is 0 Å². The van der Waals surface area contributed by atoms with Crippen LogP contribution in [-0.2, 0) is 12.8 Å². The Kier molecular flexibility index (Phi) is 5.47. The van der Waals surface area contributed by atoms with Crippen LogP contribution in [0.2, 0.25) is 5.02 Å². The lowest BCUT2D eigenvalue weighted by molar-refractivity contribution is 0.795. The summed E-state index contributed by atoms with van der Waals surface area (Å²) in [7, 11) is 0. The third-order valence-corrected chi connectivity index (χ3v) is 5.30. The molecule has 118 valence electrons. The zero-order chi connectivity index (χ0) is 16.1. The fourth-order valence-corrected chi connectivity index (χ4v) is 3.81. The highest BCUT2D eigenvalue weighted by Gasteiger charge is 2.13. The molecule has 0 aliphatic carbocycles. The average molecular weight is 342 g/mol. The van der Waals surface area contributed by atoms with Crippen LogP contribution in [0, 0.1) is 0 Å². The number of hydrogen-bond donors (Lipinski definition) is 0. The normalized spacial score (nSPS) is 10.9. The number of hydrogen-bond acceptors (Lipinski definition) is 2. The van der Waals surface area contributed by atoms with Crippen molar-refractivity contribution >= 4 is 22.9 Å². The number of rotatable bonds is 6. The van der Waals surface area contributed by atoms with E-state index in [-0.39, 0.29) is 0 Å². The molecule has 0 N–H and O–H groups in total. The lowest BCUT2D eigenvalue weighted by Crippen LogP contribution is -1.93. The van der Waals surface area contributed by atoms with E-state index in [1.165, 1.54) is 29.0 Å². The van der Waals surface area contributed by atoms with Crippen LogP contribution in [0.5, 0.6) is 0 Å². The average Bonchev–Trinajstić information content (AvgIpc) is 2.97. The van der Waals surface area contributed by atoms with Gasteiger partial charge in [0.25, 0.3) is 0 Å². The molecule has 0 spiro atoms. The maximum absolute atomic E-state index is 5.99. The van der Waals surface area contributed by atoms with Crippen molar-refractivity contribution in [2.24, 2.45) is 0 Å². The van der Waals surface area contributed by atoms with E-state index in [1.54, 1.807) is 0 Å². The zero-order valence-electron chi connectivity index (χ0n) is 13.3. The van der Waals surface area contributed by atoms with Crippen LogP contribution in [0.1, 0.15) is 35.9 Å². The molecule has 0 radical (unpaired) electrons. The van der Waals surface area contributed by atoms with Gasteiger partial charge in [0.1, 0.15) is 5.01 Å². The quantitative estimate of drug-likeness (QED) is 0.505. The summed E-state index contributed by atoms with van der Waals surface area (Å²) in [6.07, 6.45) is 4.44. The van der Waals surface area contributed by atoms with E-state index in [2.05, 4.69) is 49.4 Å². The Labute approximate surface area is 147 Å². The van der Waals surface area contributed by atoms with Crippen molar-refractivity contribution in [3.05, 3.63) is 75.8 Å². The molecule has 0 unspecified atom stereocenters. The number of halogens is 1. The summed E-state index contributed by atoms with van der Waals surface area (Å²) in [6.45, 7) is 2.23. The standard InChI is InChI=1S/C20H20ClNS/c1-2-3-9-19-18(14-15-7-5-4-6-8-15)22-20(23-19)16-10-12-17(21)13-11-16/h4-8,10-13H,2-3,9,14H2,1H3. The van der Waals surface area contributed by atoms with E-state index in [0.29, 0.717) is 0 Å². The van der Waals surface area contributed by atoms with E-state index in [9.17, 15) is 0 Å². The van der Waals surface area contributed by atoms with Crippen molar-refractivity contribution in [2.45, 2.75) is 32.6 Å². The second-order valence-electron chi connectivity index (χ2n) is 5.66. The predicted octanol–water partition coefficient (Wildman–Crippen LogP) is 6.40. The minimum atomic E-state index is 0.765. The van der Waals surface area contributed by atoms with Gasteiger partial charge in [-0.25, -0.2) is 4.98 Å². The Hall–Kier alpha value is -1.64. The van der Waals surface area contributed by atoms with E-state index in [0.717, 1.165) is 28.4 Å². The highest BCUT2D eigenvalue weighted by molar-refractivity contribution is 7.15. The predicted molar refractivity (Wildman–Crippen MR) is 100 cm³/mol. The van der Waals surface area contributed by atoms with Crippen LogP contribution in [0.4, 0.5) is 0 Å². The second-order valence-corrected chi connectivity index (χ2v) is 7.18. The van der Waals surface area contributed by atoms with Gasteiger partial charge in [-0.15, -0.1) is 11.3 Å². The molecule has 1 aromatic heterocycles. The molecule has 23 heavy (non-hydrogen) atoms. The van der Waals surface area contributed by atoms with Gasteiger partial charge >= 0.3 is 0 Å². The van der Waals surface area contributed by atoms with Gasteiger partial charge < -0.3 is 0 Å². The first-order chi connectivity index (χ1) is 11.3. The molecule has 0 saturated carbocycles. The fraction of sp³-hybridized carbons (Fsp3) is 0.250. The highest BCUT2D eigenvalue weighted by atomic mass is 35.5. The summed E-state index contributed by atoms with van der Waals surface area (Å²) in [5.74, 6) is 0. The Bertz CT molecular complexity index is 747. The van der Waals surface area contributed by atoms with Gasteiger partial charge in [-0.2, -0.15) is 0 Å². The number of aryl methyl sites for hydroxylation is 1. The van der Waals surface area contributed by atoms with Gasteiger partial charge in [0, 0.05) is 21.9 Å². The lowest BCUT2D eigenvalue weighted by Gasteiger charge is -2.02.